The number of rotatable bonds is 0. The van der Waals surface area contributed by atoms with Crippen LogP contribution in [0, 0.1) is 0 Å². The fourth-order valence-corrected chi connectivity index (χ4v) is 2.30. The Kier molecular flexibility index (Phi) is 1.55. The quantitative estimate of drug-likeness (QED) is 0.609. The molecule has 2 aromatic heterocycles. The van der Waals surface area contributed by atoms with Crippen molar-refractivity contribution in [1.82, 2.24) is 9.97 Å². The number of allylic oxidation sites excluding steroid dienone is 2. The van der Waals surface area contributed by atoms with Crippen molar-refractivity contribution in [2.45, 2.75) is 0 Å². The summed E-state index contributed by atoms with van der Waals surface area (Å²) in [5.74, 6) is 0. The molecule has 0 aliphatic heterocycles. The molecule has 0 radical (unpaired) electrons. The maximum absolute atomic E-state index is 3.34. The van der Waals surface area contributed by atoms with Gasteiger partial charge in [-0.3, -0.25) is 0 Å². The molecule has 0 bridgehead atoms. The van der Waals surface area contributed by atoms with E-state index in [9.17, 15) is 0 Å². The van der Waals surface area contributed by atoms with Crippen LogP contribution in [0.4, 0.5) is 0 Å². The molecule has 0 aromatic carbocycles. The standard InChI is InChI=1S/C15H10N2/c1-3-10-7-12(16-14(10)5-1)9-13-8-11-4-2-6-15(11)17-13/h1-8,16-17H. The van der Waals surface area contributed by atoms with Gasteiger partial charge in [0.2, 0.25) is 0 Å². The van der Waals surface area contributed by atoms with Crippen LogP contribution in [0.1, 0.15) is 11.1 Å². The van der Waals surface area contributed by atoms with E-state index in [0.717, 1.165) is 21.4 Å². The number of H-pyrrole nitrogens is 2. The molecule has 0 saturated carbocycles. The molecule has 0 fully saturated rings. The van der Waals surface area contributed by atoms with Gasteiger partial charge in [-0.1, -0.05) is 30.0 Å². The van der Waals surface area contributed by atoms with E-state index in [1.165, 1.54) is 11.1 Å². The largest absolute Gasteiger partial charge is 0.349 e. The van der Waals surface area contributed by atoms with Gasteiger partial charge in [-0.2, -0.15) is 0 Å². The van der Waals surface area contributed by atoms with Gasteiger partial charge in [0.05, 0.1) is 10.7 Å². The molecule has 2 aliphatic carbocycles. The molecule has 2 N–H and O–H groups in total. The second-order valence-corrected chi connectivity index (χ2v) is 4.28. The zero-order chi connectivity index (χ0) is 11.2. The lowest BCUT2D eigenvalue weighted by molar-refractivity contribution is 1.25. The molecule has 2 aliphatic rings. The van der Waals surface area contributed by atoms with E-state index in [0.29, 0.717) is 0 Å². The van der Waals surface area contributed by atoms with Gasteiger partial charge in [-0.05, 0) is 24.3 Å². The lowest BCUT2D eigenvalue weighted by Gasteiger charge is -1.72. The van der Waals surface area contributed by atoms with Gasteiger partial charge in [0, 0.05) is 21.8 Å². The third-order valence-electron chi connectivity index (χ3n) is 3.11. The van der Waals surface area contributed by atoms with Crippen LogP contribution in [0.25, 0.3) is 30.0 Å². The van der Waals surface area contributed by atoms with Crippen molar-refractivity contribution in [3.63, 3.8) is 0 Å². The highest BCUT2D eigenvalue weighted by molar-refractivity contribution is 5.66. The first-order valence-corrected chi connectivity index (χ1v) is 5.64. The topological polar surface area (TPSA) is 31.6 Å². The number of hydrogen-bond donors (Lipinski definition) is 2. The first kappa shape index (κ1) is 8.68. The third kappa shape index (κ3) is 1.28. The van der Waals surface area contributed by atoms with Crippen LogP contribution in [0.5, 0.6) is 0 Å². The predicted octanol–water partition coefficient (Wildman–Crippen LogP) is -0.291. The molecular weight excluding hydrogens is 208 g/mol. The summed E-state index contributed by atoms with van der Waals surface area (Å²) in [4.78, 5) is 6.66. The first-order chi connectivity index (χ1) is 8.38. The molecule has 4 rings (SSSR count). The normalized spacial score (nSPS) is 14.1. The fraction of sp³-hybridized carbons (Fsp3) is 0. The lowest BCUT2D eigenvalue weighted by Crippen LogP contribution is -2.13. The molecule has 0 atom stereocenters. The van der Waals surface area contributed by atoms with E-state index < -0.39 is 0 Å². The maximum atomic E-state index is 3.34. The molecule has 0 saturated heterocycles. The Morgan fingerprint density at radius 3 is 1.76 bits per heavy atom. The van der Waals surface area contributed by atoms with Crippen molar-refractivity contribution in [3.8, 4) is 0 Å². The van der Waals surface area contributed by atoms with Crippen molar-refractivity contribution in [2.24, 2.45) is 0 Å². The van der Waals surface area contributed by atoms with Crippen LogP contribution in [-0.2, 0) is 0 Å². The predicted molar refractivity (Wildman–Crippen MR) is 69.6 cm³/mol. The fourth-order valence-electron chi connectivity index (χ4n) is 2.30. The highest BCUT2D eigenvalue weighted by Crippen LogP contribution is 1.97. The van der Waals surface area contributed by atoms with E-state index in [4.69, 9.17) is 0 Å². The summed E-state index contributed by atoms with van der Waals surface area (Å²) in [7, 11) is 0. The van der Waals surface area contributed by atoms with Gasteiger partial charge in [-0.25, -0.2) is 0 Å². The minimum Gasteiger partial charge on any atom is -0.349 e. The monoisotopic (exact) mass is 218 g/mol. The van der Waals surface area contributed by atoms with Gasteiger partial charge in [0.1, 0.15) is 0 Å². The van der Waals surface area contributed by atoms with Crippen LogP contribution in [0.15, 0.2) is 24.3 Å². The summed E-state index contributed by atoms with van der Waals surface area (Å²) in [6.45, 7) is 0. The highest BCUT2D eigenvalue weighted by Gasteiger charge is 1.98. The zero-order valence-electron chi connectivity index (χ0n) is 9.12. The van der Waals surface area contributed by atoms with Crippen molar-refractivity contribution >= 4 is 30.0 Å². The van der Waals surface area contributed by atoms with Gasteiger partial charge in [0.15, 0.2) is 0 Å². The van der Waals surface area contributed by atoms with Crippen LogP contribution in [0.3, 0.4) is 0 Å². The Morgan fingerprint density at radius 2 is 1.29 bits per heavy atom. The number of aromatic nitrogens is 2. The molecule has 0 spiro atoms. The first-order valence-electron chi connectivity index (χ1n) is 5.64. The molecular formula is C15H10N2. The van der Waals surface area contributed by atoms with E-state index in [1.807, 2.05) is 12.2 Å². The van der Waals surface area contributed by atoms with E-state index in [-0.39, 0.29) is 0 Å². The summed E-state index contributed by atoms with van der Waals surface area (Å²) in [5.41, 5.74) is 5.81. The Hall–Kier alpha value is -2.44. The van der Waals surface area contributed by atoms with E-state index in [1.54, 1.807) is 0 Å². The number of hydrogen-bond acceptors (Lipinski definition) is 0. The van der Waals surface area contributed by atoms with Crippen molar-refractivity contribution in [1.29, 1.82) is 0 Å². The summed E-state index contributed by atoms with van der Waals surface area (Å²) in [6, 6.07) is 4.22. The SMILES string of the molecule is C(=c1cc2c([nH]1)=CC=C2)=c1cc2c([nH]1)=CC=C2. The molecule has 2 heteroatoms. The molecule has 2 nitrogen and oxygen atoms in total. The van der Waals surface area contributed by atoms with E-state index >= 15 is 0 Å². The maximum Gasteiger partial charge on any atom is 0.0845 e. The number of nitrogens with one attached hydrogen (secondary N) is 2. The third-order valence-corrected chi connectivity index (χ3v) is 3.11. The van der Waals surface area contributed by atoms with Crippen molar-refractivity contribution in [2.75, 3.05) is 0 Å². The lowest BCUT2D eigenvalue weighted by atomic mass is 10.3. The number of aromatic amines is 2. The van der Waals surface area contributed by atoms with Crippen LogP contribution in [0.2, 0.25) is 0 Å². The average Bonchev–Trinajstić information content (AvgIpc) is 2.93. The molecule has 17 heavy (non-hydrogen) atoms. The number of fused-ring (bicyclic) bond motifs is 2. The zero-order valence-corrected chi connectivity index (χ0v) is 9.12. The summed E-state index contributed by atoms with van der Waals surface area (Å²) in [6.07, 6.45) is 12.4. The Balaban J connectivity index is 2.06. The molecule has 2 heterocycles. The molecule has 0 amide bonds. The Labute approximate surface area is 97.3 Å². The molecule has 2 aromatic rings. The van der Waals surface area contributed by atoms with E-state index in [2.05, 4.69) is 52.1 Å². The summed E-state index contributed by atoms with van der Waals surface area (Å²) >= 11 is 0. The van der Waals surface area contributed by atoms with Crippen molar-refractivity contribution in [3.05, 3.63) is 56.8 Å². The second-order valence-electron chi connectivity index (χ2n) is 4.28. The minimum absolute atomic E-state index is 1.01. The second kappa shape index (κ2) is 3.03. The van der Waals surface area contributed by atoms with Crippen LogP contribution < -0.4 is 21.4 Å². The van der Waals surface area contributed by atoms with Gasteiger partial charge < -0.3 is 9.97 Å². The minimum atomic E-state index is 1.01. The Bertz CT molecular complexity index is 836. The van der Waals surface area contributed by atoms with Crippen molar-refractivity contribution < 1.29 is 0 Å². The van der Waals surface area contributed by atoms with Gasteiger partial charge in [0.25, 0.3) is 0 Å². The molecule has 80 valence electrons. The summed E-state index contributed by atoms with van der Waals surface area (Å²) in [5, 5.41) is 4.36. The smallest absolute Gasteiger partial charge is 0.0845 e. The molecule has 0 unspecified atom stereocenters. The van der Waals surface area contributed by atoms with Gasteiger partial charge in [-0.15, -0.1) is 0 Å². The Morgan fingerprint density at radius 1 is 0.765 bits per heavy atom. The van der Waals surface area contributed by atoms with Crippen LogP contribution in [-0.4, -0.2) is 9.97 Å². The van der Waals surface area contributed by atoms with Crippen LogP contribution >= 0.6 is 0 Å². The average molecular weight is 218 g/mol. The summed E-state index contributed by atoms with van der Waals surface area (Å²) < 4.78 is 0. The van der Waals surface area contributed by atoms with Gasteiger partial charge >= 0.3 is 0 Å². The highest BCUT2D eigenvalue weighted by atomic mass is 14.7.